The quantitative estimate of drug-likeness (QED) is 0.791. The molecule has 0 atom stereocenters. The number of urea groups is 1. The SMILES string of the molecule is CN(C)c1cccc(CNC(=O)NCCC2=CCCCC2)c1. The molecule has 0 spiro atoms. The molecule has 2 N–H and O–H groups in total. The Morgan fingerprint density at radius 3 is 2.82 bits per heavy atom. The van der Waals surface area contributed by atoms with Crippen LogP contribution in [0, 0.1) is 0 Å². The largest absolute Gasteiger partial charge is 0.378 e. The van der Waals surface area contributed by atoms with E-state index in [1.54, 1.807) is 0 Å². The minimum atomic E-state index is -0.0911. The predicted octanol–water partition coefficient (Wildman–Crippen LogP) is 3.44. The highest BCUT2D eigenvalue weighted by atomic mass is 16.2. The van der Waals surface area contributed by atoms with Gasteiger partial charge in [-0.2, -0.15) is 0 Å². The van der Waals surface area contributed by atoms with Crippen molar-refractivity contribution in [3.8, 4) is 0 Å². The van der Waals surface area contributed by atoms with Gasteiger partial charge in [0.15, 0.2) is 0 Å². The Kier molecular flexibility index (Phi) is 6.31. The van der Waals surface area contributed by atoms with E-state index in [9.17, 15) is 4.79 Å². The molecule has 0 aliphatic heterocycles. The van der Waals surface area contributed by atoms with E-state index in [-0.39, 0.29) is 6.03 Å². The molecule has 2 amide bonds. The van der Waals surface area contributed by atoms with Crippen LogP contribution in [0.4, 0.5) is 10.5 Å². The van der Waals surface area contributed by atoms with Crippen LogP contribution in [0.25, 0.3) is 0 Å². The Hall–Kier alpha value is -1.97. The lowest BCUT2D eigenvalue weighted by atomic mass is 9.97. The maximum absolute atomic E-state index is 11.8. The summed E-state index contributed by atoms with van der Waals surface area (Å²) in [6, 6.07) is 8.10. The molecule has 2 rings (SSSR count). The van der Waals surface area contributed by atoms with E-state index in [4.69, 9.17) is 0 Å². The number of allylic oxidation sites excluding steroid dienone is 1. The second-order valence-electron chi connectivity index (χ2n) is 6.03. The van der Waals surface area contributed by atoms with Crippen molar-refractivity contribution in [2.75, 3.05) is 25.5 Å². The normalized spacial score (nSPS) is 14.2. The number of amides is 2. The number of hydrogen-bond acceptors (Lipinski definition) is 2. The number of carbonyl (C=O) groups is 1. The van der Waals surface area contributed by atoms with E-state index < -0.39 is 0 Å². The molecule has 1 aliphatic rings. The van der Waals surface area contributed by atoms with Gasteiger partial charge in [0, 0.05) is 32.9 Å². The zero-order valence-corrected chi connectivity index (χ0v) is 13.7. The second kappa shape index (κ2) is 8.47. The molecule has 4 heteroatoms. The van der Waals surface area contributed by atoms with Crippen LogP contribution in [0.3, 0.4) is 0 Å². The molecule has 0 unspecified atom stereocenters. The smallest absolute Gasteiger partial charge is 0.315 e. The average Bonchev–Trinajstić information content (AvgIpc) is 2.54. The predicted molar refractivity (Wildman–Crippen MR) is 92.2 cm³/mol. The monoisotopic (exact) mass is 301 g/mol. The Labute approximate surface area is 133 Å². The lowest BCUT2D eigenvalue weighted by molar-refractivity contribution is 0.240. The van der Waals surface area contributed by atoms with Crippen LogP contribution in [-0.2, 0) is 6.54 Å². The number of hydrogen-bond donors (Lipinski definition) is 2. The summed E-state index contributed by atoms with van der Waals surface area (Å²) in [5.41, 5.74) is 3.74. The summed E-state index contributed by atoms with van der Waals surface area (Å²) >= 11 is 0. The van der Waals surface area contributed by atoms with Crippen LogP contribution in [0.5, 0.6) is 0 Å². The van der Waals surface area contributed by atoms with Gasteiger partial charge in [-0.15, -0.1) is 0 Å². The third-order valence-corrected chi connectivity index (χ3v) is 4.00. The van der Waals surface area contributed by atoms with Gasteiger partial charge < -0.3 is 15.5 Å². The Balaban J connectivity index is 1.69. The lowest BCUT2D eigenvalue weighted by Crippen LogP contribution is -2.35. The molecular formula is C18H27N3O. The number of nitrogens with one attached hydrogen (secondary N) is 2. The van der Waals surface area contributed by atoms with E-state index >= 15 is 0 Å². The third kappa shape index (κ3) is 5.43. The molecule has 120 valence electrons. The van der Waals surface area contributed by atoms with E-state index in [1.165, 1.54) is 31.3 Å². The van der Waals surface area contributed by atoms with Crippen molar-refractivity contribution >= 4 is 11.7 Å². The van der Waals surface area contributed by atoms with Gasteiger partial charge in [0.05, 0.1) is 0 Å². The van der Waals surface area contributed by atoms with Gasteiger partial charge in [-0.3, -0.25) is 0 Å². The molecule has 1 aromatic rings. The summed E-state index contributed by atoms with van der Waals surface area (Å²) < 4.78 is 0. The number of anilines is 1. The molecule has 0 fully saturated rings. The number of carbonyl (C=O) groups excluding carboxylic acids is 1. The van der Waals surface area contributed by atoms with E-state index in [1.807, 2.05) is 26.2 Å². The molecule has 0 aromatic heterocycles. The minimum absolute atomic E-state index is 0.0911. The Morgan fingerprint density at radius 2 is 2.09 bits per heavy atom. The molecule has 1 aliphatic carbocycles. The van der Waals surface area contributed by atoms with Crippen molar-refractivity contribution in [1.82, 2.24) is 10.6 Å². The molecule has 22 heavy (non-hydrogen) atoms. The first-order valence-corrected chi connectivity index (χ1v) is 8.11. The Bertz CT molecular complexity index is 523. The number of nitrogens with zero attached hydrogens (tertiary/aromatic N) is 1. The number of rotatable bonds is 6. The highest BCUT2D eigenvalue weighted by molar-refractivity contribution is 5.73. The summed E-state index contributed by atoms with van der Waals surface area (Å²) in [4.78, 5) is 13.9. The van der Waals surface area contributed by atoms with E-state index in [0.717, 1.165) is 24.2 Å². The van der Waals surface area contributed by atoms with Gasteiger partial charge in [-0.05, 0) is 49.8 Å². The standard InChI is InChI=1S/C18H27N3O/c1-21(2)17-10-6-9-16(13-17)14-20-18(22)19-12-11-15-7-4-3-5-8-15/h6-7,9-10,13H,3-5,8,11-12,14H2,1-2H3,(H2,19,20,22). The minimum Gasteiger partial charge on any atom is -0.378 e. The highest BCUT2D eigenvalue weighted by Crippen LogP contribution is 2.19. The van der Waals surface area contributed by atoms with Crippen LogP contribution >= 0.6 is 0 Å². The van der Waals surface area contributed by atoms with Crippen molar-refractivity contribution in [2.24, 2.45) is 0 Å². The van der Waals surface area contributed by atoms with Crippen LogP contribution in [-0.4, -0.2) is 26.7 Å². The van der Waals surface area contributed by atoms with E-state index in [0.29, 0.717) is 6.54 Å². The molecule has 0 saturated carbocycles. The summed E-state index contributed by atoms with van der Waals surface area (Å²) in [6.07, 6.45) is 8.30. The van der Waals surface area contributed by atoms with Gasteiger partial charge in [0.25, 0.3) is 0 Å². The van der Waals surface area contributed by atoms with Gasteiger partial charge in [0.2, 0.25) is 0 Å². The summed E-state index contributed by atoms with van der Waals surface area (Å²) in [5.74, 6) is 0. The fraction of sp³-hybridized carbons (Fsp3) is 0.500. The van der Waals surface area contributed by atoms with Crippen molar-refractivity contribution in [3.05, 3.63) is 41.5 Å². The molecule has 0 saturated heterocycles. The zero-order valence-electron chi connectivity index (χ0n) is 13.7. The zero-order chi connectivity index (χ0) is 15.8. The van der Waals surface area contributed by atoms with E-state index in [2.05, 4.69) is 33.7 Å². The number of benzene rings is 1. The molecule has 1 aromatic carbocycles. The van der Waals surface area contributed by atoms with Crippen LogP contribution < -0.4 is 15.5 Å². The molecule has 0 heterocycles. The fourth-order valence-electron chi connectivity index (χ4n) is 2.66. The van der Waals surface area contributed by atoms with Gasteiger partial charge >= 0.3 is 6.03 Å². The van der Waals surface area contributed by atoms with Crippen LogP contribution in [0.15, 0.2) is 35.9 Å². The topological polar surface area (TPSA) is 44.4 Å². The van der Waals surface area contributed by atoms with Gasteiger partial charge in [-0.1, -0.05) is 23.8 Å². The summed E-state index contributed by atoms with van der Waals surface area (Å²) in [7, 11) is 4.03. The second-order valence-corrected chi connectivity index (χ2v) is 6.03. The van der Waals surface area contributed by atoms with Crippen molar-refractivity contribution in [2.45, 2.75) is 38.6 Å². The molecule has 0 bridgehead atoms. The van der Waals surface area contributed by atoms with Crippen molar-refractivity contribution in [1.29, 1.82) is 0 Å². The molecule has 4 nitrogen and oxygen atoms in total. The Morgan fingerprint density at radius 1 is 1.23 bits per heavy atom. The maximum atomic E-state index is 11.8. The fourth-order valence-corrected chi connectivity index (χ4v) is 2.66. The first-order valence-electron chi connectivity index (χ1n) is 8.11. The highest BCUT2D eigenvalue weighted by Gasteiger charge is 2.05. The molecule has 0 radical (unpaired) electrons. The first-order chi connectivity index (χ1) is 10.6. The average molecular weight is 301 g/mol. The van der Waals surface area contributed by atoms with Crippen molar-refractivity contribution in [3.63, 3.8) is 0 Å². The first kappa shape index (κ1) is 16.4. The summed E-state index contributed by atoms with van der Waals surface area (Å²) in [5, 5.41) is 5.85. The maximum Gasteiger partial charge on any atom is 0.315 e. The van der Waals surface area contributed by atoms with Gasteiger partial charge in [0.1, 0.15) is 0 Å². The molecular weight excluding hydrogens is 274 g/mol. The summed E-state index contributed by atoms with van der Waals surface area (Å²) in [6.45, 7) is 1.27. The third-order valence-electron chi connectivity index (χ3n) is 4.00. The van der Waals surface area contributed by atoms with Gasteiger partial charge in [-0.25, -0.2) is 4.79 Å². The lowest BCUT2D eigenvalue weighted by Gasteiger charge is -2.15. The van der Waals surface area contributed by atoms with Crippen LogP contribution in [0.2, 0.25) is 0 Å². The van der Waals surface area contributed by atoms with Crippen LogP contribution in [0.1, 0.15) is 37.7 Å². The van der Waals surface area contributed by atoms with Crippen molar-refractivity contribution < 1.29 is 4.79 Å².